The average Bonchev–Trinajstić information content (AvgIpc) is 3.23. The molecule has 0 atom stereocenters. The first kappa shape index (κ1) is 14.7. The number of hydrogen-bond acceptors (Lipinski definition) is 5. The summed E-state index contributed by atoms with van der Waals surface area (Å²) in [6.07, 6.45) is 7.82. The van der Waals surface area contributed by atoms with E-state index in [4.69, 9.17) is 4.52 Å². The second-order valence-electron chi connectivity index (χ2n) is 5.18. The van der Waals surface area contributed by atoms with Crippen LogP contribution < -0.4 is 0 Å². The fourth-order valence-electron chi connectivity index (χ4n) is 2.54. The number of benzene rings is 1. The van der Waals surface area contributed by atoms with E-state index in [0.29, 0.717) is 11.5 Å². The van der Waals surface area contributed by atoms with Crippen LogP contribution in [-0.2, 0) is 0 Å². The summed E-state index contributed by atoms with van der Waals surface area (Å²) in [5, 5.41) is 3.83. The number of nitrogens with zero attached hydrogens (tertiary/aromatic N) is 1. The Hall–Kier alpha value is -1.20. The van der Waals surface area contributed by atoms with Crippen LogP contribution in [0, 0.1) is 6.92 Å². The van der Waals surface area contributed by atoms with E-state index in [1.54, 1.807) is 29.7 Å². The maximum Gasteiger partial charge on any atom is 0.199 e. The summed E-state index contributed by atoms with van der Waals surface area (Å²) in [4.78, 5) is 15.1. The zero-order valence-corrected chi connectivity index (χ0v) is 13.9. The first-order valence-corrected chi connectivity index (χ1v) is 9.33. The van der Waals surface area contributed by atoms with Gasteiger partial charge in [0.1, 0.15) is 0 Å². The summed E-state index contributed by atoms with van der Waals surface area (Å²) >= 11 is 3.33. The van der Waals surface area contributed by atoms with Crippen molar-refractivity contribution in [1.29, 1.82) is 0 Å². The van der Waals surface area contributed by atoms with Crippen LogP contribution in [0.15, 0.2) is 32.6 Å². The number of carbonyl (C=O) groups is 1. The minimum absolute atomic E-state index is 0.0262. The van der Waals surface area contributed by atoms with Gasteiger partial charge in [-0.25, -0.2) is 0 Å². The van der Waals surface area contributed by atoms with Gasteiger partial charge in [0.25, 0.3) is 0 Å². The molecule has 110 valence electrons. The third-order valence-corrected chi connectivity index (χ3v) is 5.63. The van der Waals surface area contributed by atoms with Gasteiger partial charge in [0.2, 0.25) is 0 Å². The van der Waals surface area contributed by atoms with Crippen molar-refractivity contribution in [2.45, 2.75) is 35.5 Å². The molecule has 1 aromatic carbocycles. The van der Waals surface area contributed by atoms with E-state index in [9.17, 15) is 4.79 Å². The maximum absolute atomic E-state index is 12.9. The molecule has 5 heteroatoms. The molecular formula is C16H17NO2S2. The lowest BCUT2D eigenvalue weighted by Gasteiger charge is -2.12. The van der Waals surface area contributed by atoms with Crippen molar-refractivity contribution in [3.63, 3.8) is 0 Å². The Bertz CT molecular complexity index is 690. The quantitative estimate of drug-likeness (QED) is 0.598. The Morgan fingerprint density at radius 1 is 1.24 bits per heavy atom. The Balaban J connectivity index is 2.05. The van der Waals surface area contributed by atoms with E-state index in [-0.39, 0.29) is 5.78 Å². The molecule has 1 saturated carbocycles. The summed E-state index contributed by atoms with van der Waals surface area (Å²) < 4.78 is 5.30. The number of ketones is 1. The van der Waals surface area contributed by atoms with Gasteiger partial charge in [-0.3, -0.25) is 4.79 Å². The van der Waals surface area contributed by atoms with E-state index in [1.807, 2.05) is 18.4 Å². The van der Waals surface area contributed by atoms with E-state index in [1.165, 1.54) is 10.5 Å². The van der Waals surface area contributed by atoms with E-state index in [0.717, 1.165) is 29.1 Å². The molecule has 1 heterocycles. The lowest BCUT2D eigenvalue weighted by atomic mass is 10.0. The first-order chi connectivity index (χ1) is 10.2. The van der Waals surface area contributed by atoms with Crippen LogP contribution in [0.25, 0.3) is 0 Å². The smallest absolute Gasteiger partial charge is 0.199 e. The third-order valence-electron chi connectivity index (χ3n) is 3.82. The minimum atomic E-state index is 0.0262. The largest absolute Gasteiger partial charge is 0.360 e. The Kier molecular flexibility index (Phi) is 4.13. The first-order valence-electron chi connectivity index (χ1n) is 6.88. The molecule has 0 saturated heterocycles. The number of aromatic nitrogens is 1. The molecule has 1 aromatic heterocycles. The highest BCUT2D eigenvalue weighted by molar-refractivity contribution is 7.99. The summed E-state index contributed by atoms with van der Waals surface area (Å²) in [6, 6.07) is 3.95. The molecule has 0 N–H and O–H groups in total. The van der Waals surface area contributed by atoms with E-state index < -0.39 is 0 Å². The SMILES string of the molecule is CSc1ccc(C(=O)c2cnoc2C2CC2)c(SC)c1C. The van der Waals surface area contributed by atoms with Gasteiger partial charge in [0.15, 0.2) is 11.5 Å². The molecule has 1 aliphatic carbocycles. The van der Waals surface area contributed by atoms with Crippen molar-refractivity contribution >= 4 is 29.3 Å². The molecule has 21 heavy (non-hydrogen) atoms. The standard InChI is InChI=1S/C16H17NO2S2/c1-9-13(20-2)7-6-11(16(9)21-3)14(18)12-8-17-19-15(12)10-4-5-10/h6-8,10H,4-5H2,1-3H3. The molecule has 0 aliphatic heterocycles. The zero-order valence-electron chi connectivity index (χ0n) is 12.3. The minimum Gasteiger partial charge on any atom is -0.360 e. The molecule has 0 amide bonds. The normalized spacial score (nSPS) is 14.4. The van der Waals surface area contributed by atoms with Crippen molar-refractivity contribution in [2.75, 3.05) is 12.5 Å². The Labute approximate surface area is 132 Å². The fourth-order valence-corrected chi connectivity index (χ4v) is 4.01. The van der Waals surface area contributed by atoms with Crippen LogP contribution in [0.5, 0.6) is 0 Å². The summed E-state index contributed by atoms with van der Waals surface area (Å²) in [6.45, 7) is 2.07. The van der Waals surface area contributed by atoms with Crippen LogP contribution in [-0.4, -0.2) is 23.5 Å². The zero-order chi connectivity index (χ0) is 15.0. The fraction of sp³-hybridized carbons (Fsp3) is 0.375. The predicted octanol–water partition coefficient (Wildman–Crippen LogP) is 4.54. The topological polar surface area (TPSA) is 43.1 Å². The van der Waals surface area contributed by atoms with Gasteiger partial charge in [0, 0.05) is 21.3 Å². The highest BCUT2D eigenvalue weighted by atomic mass is 32.2. The monoisotopic (exact) mass is 319 g/mol. The van der Waals surface area contributed by atoms with Crippen LogP contribution in [0.4, 0.5) is 0 Å². The maximum atomic E-state index is 12.9. The molecule has 0 spiro atoms. The number of carbonyl (C=O) groups excluding carboxylic acids is 1. The van der Waals surface area contributed by atoms with E-state index >= 15 is 0 Å². The molecule has 2 aromatic rings. The van der Waals surface area contributed by atoms with Crippen molar-refractivity contribution in [3.8, 4) is 0 Å². The molecule has 0 radical (unpaired) electrons. The van der Waals surface area contributed by atoms with E-state index in [2.05, 4.69) is 18.3 Å². The molecule has 3 nitrogen and oxygen atoms in total. The summed E-state index contributed by atoms with van der Waals surface area (Å²) in [7, 11) is 0. The lowest BCUT2D eigenvalue weighted by molar-refractivity contribution is 0.103. The van der Waals surface area contributed by atoms with Gasteiger partial charge in [0.05, 0.1) is 11.8 Å². The molecule has 1 fully saturated rings. The van der Waals surface area contributed by atoms with Crippen molar-refractivity contribution < 1.29 is 9.32 Å². The summed E-state index contributed by atoms with van der Waals surface area (Å²) in [5.41, 5.74) is 2.55. The van der Waals surface area contributed by atoms with Gasteiger partial charge in [-0.05, 0) is 50.0 Å². The molecule has 1 aliphatic rings. The predicted molar refractivity (Wildman–Crippen MR) is 86.7 cm³/mol. The van der Waals surface area contributed by atoms with Gasteiger partial charge in [-0.1, -0.05) is 5.16 Å². The molecule has 0 unspecified atom stereocenters. The van der Waals surface area contributed by atoms with Crippen LogP contribution in [0.1, 0.15) is 46.0 Å². The van der Waals surface area contributed by atoms with Gasteiger partial charge in [-0.15, -0.1) is 23.5 Å². The highest BCUT2D eigenvalue weighted by Gasteiger charge is 2.33. The van der Waals surface area contributed by atoms with Crippen LogP contribution in [0.2, 0.25) is 0 Å². The van der Waals surface area contributed by atoms with Crippen LogP contribution >= 0.6 is 23.5 Å². The third kappa shape index (κ3) is 2.64. The van der Waals surface area contributed by atoms with Gasteiger partial charge >= 0.3 is 0 Å². The molecular weight excluding hydrogens is 302 g/mol. The Morgan fingerprint density at radius 3 is 2.62 bits per heavy atom. The second-order valence-corrected chi connectivity index (χ2v) is 6.85. The Morgan fingerprint density at radius 2 is 2.00 bits per heavy atom. The van der Waals surface area contributed by atoms with Crippen molar-refractivity contribution in [1.82, 2.24) is 5.16 Å². The number of thioether (sulfide) groups is 2. The highest BCUT2D eigenvalue weighted by Crippen LogP contribution is 2.42. The molecule has 0 bridgehead atoms. The van der Waals surface area contributed by atoms with Crippen molar-refractivity contribution in [3.05, 3.63) is 40.8 Å². The van der Waals surface area contributed by atoms with Gasteiger partial charge in [-0.2, -0.15) is 0 Å². The van der Waals surface area contributed by atoms with Crippen molar-refractivity contribution in [2.24, 2.45) is 0 Å². The van der Waals surface area contributed by atoms with Gasteiger partial charge < -0.3 is 4.52 Å². The molecule has 3 rings (SSSR count). The second kappa shape index (κ2) is 5.89. The summed E-state index contributed by atoms with van der Waals surface area (Å²) in [5.74, 6) is 1.17. The number of hydrogen-bond donors (Lipinski definition) is 0. The number of rotatable bonds is 5. The average molecular weight is 319 g/mol. The lowest BCUT2D eigenvalue weighted by Crippen LogP contribution is -2.06. The van der Waals surface area contributed by atoms with Crippen LogP contribution in [0.3, 0.4) is 0 Å².